The van der Waals surface area contributed by atoms with Crippen LogP contribution < -0.4 is 5.32 Å². The number of hydrogen-bond donors (Lipinski definition) is 1. The van der Waals surface area contributed by atoms with E-state index in [1.807, 2.05) is 0 Å². The van der Waals surface area contributed by atoms with Crippen LogP contribution in [0.5, 0.6) is 0 Å². The lowest BCUT2D eigenvalue weighted by Crippen LogP contribution is -2.21. The second kappa shape index (κ2) is 7.22. The molecule has 0 saturated heterocycles. The Morgan fingerprint density at radius 2 is 2.05 bits per heavy atom. The minimum absolute atomic E-state index is 0.304. The maximum atomic E-state index is 3.59. The van der Waals surface area contributed by atoms with E-state index >= 15 is 0 Å². The van der Waals surface area contributed by atoms with Crippen molar-refractivity contribution in [2.24, 2.45) is 0 Å². The lowest BCUT2D eigenvalue weighted by molar-refractivity contribution is 0.639. The summed E-state index contributed by atoms with van der Waals surface area (Å²) in [5.41, 5.74) is 2.79. The third-order valence-corrected chi connectivity index (χ3v) is 4.80. The number of aryl methyl sites for hydroxylation is 1. The summed E-state index contributed by atoms with van der Waals surface area (Å²) in [5.74, 6) is 0. The van der Waals surface area contributed by atoms with Gasteiger partial charge in [0.2, 0.25) is 0 Å². The molecule has 0 aliphatic rings. The van der Waals surface area contributed by atoms with Crippen LogP contribution in [0.25, 0.3) is 0 Å². The third-order valence-electron chi connectivity index (χ3n) is 3.11. The Labute approximate surface area is 128 Å². The second-order valence-electron chi connectivity index (χ2n) is 4.63. The predicted molar refractivity (Wildman–Crippen MR) is 88.0 cm³/mol. The Balaban J connectivity index is 2.30. The number of thiophene rings is 1. The molecule has 2 aromatic rings. The molecule has 1 aromatic heterocycles. The molecular formula is C16H20BrNS. The van der Waals surface area contributed by atoms with Crippen LogP contribution >= 0.6 is 27.3 Å². The van der Waals surface area contributed by atoms with E-state index in [4.69, 9.17) is 0 Å². The highest BCUT2D eigenvalue weighted by atomic mass is 79.9. The molecule has 0 spiro atoms. The molecule has 1 atom stereocenters. The summed E-state index contributed by atoms with van der Waals surface area (Å²) in [6, 6.07) is 13.6. The van der Waals surface area contributed by atoms with Crippen molar-refractivity contribution in [2.75, 3.05) is 6.54 Å². The first-order valence-corrected chi connectivity index (χ1v) is 8.43. The normalized spacial score (nSPS) is 12.6. The van der Waals surface area contributed by atoms with Crippen molar-refractivity contribution >= 4 is 27.3 Å². The lowest BCUT2D eigenvalue weighted by atomic mass is 10.0. The summed E-state index contributed by atoms with van der Waals surface area (Å²) < 4.78 is 1.19. The number of rotatable bonds is 6. The van der Waals surface area contributed by atoms with E-state index in [9.17, 15) is 0 Å². The van der Waals surface area contributed by atoms with Gasteiger partial charge in [-0.3, -0.25) is 0 Å². The fourth-order valence-electron chi connectivity index (χ4n) is 2.29. The molecule has 0 bridgehead atoms. The molecule has 0 fully saturated rings. The Morgan fingerprint density at radius 3 is 2.68 bits per heavy atom. The molecule has 1 N–H and O–H groups in total. The number of halogens is 1. The molecule has 19 heavy (non-hydrogen) atoms. The molecule has 102 valence electrons. The molecule has 3 heteroatoms. The second-order valence-corrected chi connectivity index (χ2v) is 7.12. The van der Waals surface area contributed by atoms with Crippen LogP contribution in [0.4, 0.5) is 0 Å². The minimum Gasteiger partial charge on any atom is -0.306 e. The van der Waals surface area contributed by atoms with Crippen molar-refractivity contribution < 1.29 is 0 Å². The van der Waals surface area contributed by atoms with Crippen LogP contribution in [0, 0.1) is 0 Å². The van der Waals surface area contributed by atoms with Crippen molar-refractivity contribution in [3.8, 4) is 0 Å². The zero-order valence-electron chi connectivity index (χ0n) is 11.4. The van der Waals surface area contributed by atoms with Gasteiger partial charge in [0.25, 0.3) is 0 Å². The van der Waals surface area contributed by atoms with E-state index < -0.39 is 0 Å². The van der Waals surface area contributed by atoms with Crippen LogP contribution in [0.2, 0.25) is 0 Å². The van der Waals surface area contributed by atoms with Gasteiger partial charge >= 0.3 is 0 Å². The van der Waals surface area contributed by atoms with Gasteiger partial charge in [0.05, 0.1) is 9.83 Å². The Bertz CT molecular complexity index is 521. The third kappa shape index (κ3) is 3.91. The van der Waals surface area contributed by atoms with Crippen molar-refractivity contribution in [1.29, 1.82) is 0 Å². The van der Waals surface area contributed by atoms with Gasteiger partial charge in [-0.15, -0.1) is 11.3 Å². The maximum Gasteiger partial charge on any atom is 0.0702 e. The van der Waals surface area contributed by atoms with Gasteiger partial charge in [-0.05, 0) is 52.2 Å². The van der Waals surface area contributed by atoms with Crippen LogP contribution in [-0.4, -0.2) is 6.54 Å². The highest BCUT2D eigenvalue weighted by molar-refractivity contribution is 9.11. The van der Waals surface area contributed by atoms with Gasteiger partial charge < -0.3 is 5.32 Å². The van der Waals surface area contributed by atoms with E-state index in [1.54, 1.807) is 11.3 Å². The van der Waals surface area contributed by atoms with E-state index in [1.165, 1.54) is 26.2 Å². The number of nitrogens with one attached hydrogen (secondary N) is 1. The van der Waals surface area contributed by atoms with Crippen molar-refractivity contribution in [3.05, 3.63) is 56.2 Å². The van der Waals surface area contributed by atoms with E-state index in [0.29, 0.717) is 6.04 Å². The monoisotopic (exact) mass is 337 g/mol. The zero-order valence-corrected chi connectivity index (χ0v) is 13.9. The van der Waals surface area contributed by atoms with Crippen molar-refractivity contribution in [2.45, 2.75) is 32.7 Å². The zero-order chi connectivity index (χ0) is 13.7. The first-order chi connectivity index (χ1) is 9.24. The molecule has 1 heterocycles. The summed E-state index contributed by atoms with van der Waals surface area (Å²) in [5, 5.41) is 3.59. The number of hydrogen-bond acceptors (Lipinski definition) is 2. The molecule has 1 aromatic carbocycles. The summed E-state index contributed by atoms with van der Waals surface area (Å²) in [7, 11) is 0. The lowest BCUT2D eigenvalue weighted by Gasteiger charge is -2.17. The molecule has 2 rings (SSSR count). The molecule has 0 radical (unpaired) electrons. The molecule has 0 aliphatic heterocycles. The number of benzene rings is 1. The summed E-state index contributed by atoms with van der Waals surface area (Å²) >= 11 is 5.36. The highest BCUT2D eigenvalue weighted by Crippen LogP contribution is 2.31. The van der Waals surface area contributed by atoms with Crippen molar-refractivity contribution in [3.63, 3.8) is 0 Å². The summed E-state index contributed by atoms with van der Waals surface area (Å²) in [4.78, 5) is 1.36. The van der Waals surface area contributed by atoms with Crippen LogP contribution in [0.3, 0.4) is 0 Å². The molecule has 1 nitrogen and oxygen atoms in total. The van der Waals surface area contributed by atoms with Crippen LogP contribution in [-0.2, 0) is 6.42 Å². The molecule has 0 amide bonds. The van der Waals surface area contributed by atoms with Gasteiger partial charge in [0, 0.05) is 4.88 Å². The summed E-state index contributed by atoms with van der Waals surface area (Å²) in [6.45, 7) is 5.36. The highest BCUT2D eigenvalue weighted by Gasteiger charge is 2.15. The predicted octanol–water partition coefficient (Wildman–Crippen LogP) is 5.16. The Kier molecular flexibility index (Phi) is 5.61. The standard InChI is InChI=1S/C16H20BrNS/c1-3-6-12-7-5-8-13(11-12)16(18-4-2)14-9-10-15(17)19-14/h5,7-11,16,18H,3-4,6H2,1-2H3. The largest absolute Gasteiger partial charge is 0.306 e. The average molecular weight is 338 g/mol. The van der Waals surface area contributed by atoms with Gasteiger partial charge in [-0.2, -0.15) is 0 Å². The van der Waals surface area contributed by atoms with Crippen molar-refractivity contribution in [1.82, 2.24) is 5.32 Å². The van der Waals surface area contributed by atoms with E-state index in [2.05, 4.69) is 71.5 Å². The topological polar surface area (TPSA) is 12.0 Å². The fraction of sp³-hybridized carbons (Fsp3) is 0.375. The fourth-order valence-corrected chi connectivity index (χ4v) is 3.81. The van der Waals surface area contributed by atoms with Gasteiger partial charge in [0.15, 0.2) is 0 Å². The Hall–Kier alpha value is -0.640. The van der Waals surface area contributed by atoms with Crippen LogP contribution in [0.15, 0.2) is 40.2 Å². The minimum atomic E-state index is 0.304. The Morgan fingerprint density at radius 1 is 1.21 bits per heavy atom. The van der Waals surface area contributed by atoms with Gasteiger partial charge in [0.1, 0.15) is 0 Å². The molecule has 0 saturated carbocycles. The average Bonchev–Trinajstić information content (AvgIpc) is 2.83. The van der Waals surface area contributed by atoms with Gasteiger partial charge in [-0.1, -0.05) is 44.5 Å². The first kappa shape index (κ1) is 14.8. The first-order valence-electron chi connectivity index (χ1n) is 6.82. The maximum absolute atomic E-state index is 3.59. The van der Waals surface area contributed by atoms with E-state index in [0.717, 1.165) is 13.0 Å². The smallest absolute Gasteiger partial charge is 0.0702 e. The summed E-state index contributed by atoms with van der Waals surface area (Å²) in [6.07, 6.45) is 2.35. The van der Waals surface area contributed by atoms with Crippen LogP contribution in [0.1, 0.15) is 42.3 Å². The molecule has 0 aliphatic carbocycles. The van der Waals surface area contributed by atoms with E-state index in [-0.39, 0.29) is 0 Å². The van der Waals surface area contributed by atoms with Gasteiger partial charge in [-0.25, -0.2) is 0 Å². The molecular weight excluding hydrogens is 318 g/mol. The quantitative estimate of drug-likeness (QED) is 0.767. The molecule has 1 unspecified atom stereocenters. The SMILES string of the molecule is CCCc1cccc(C(NCC)c2ccc(Br)s2)c1.